The third kappa shape index (κ3) is 6.15. The number of carbonyl (C=O) groups excluding carboxylic acids is 1. The van der Waals surface area contributed by atoms with E-state index in [1.807, 2.05) is 66.1 Å². The number of hydrogen-bond acceptors (Lipinski definition) is 5. The molecule has 1 amide bonds. The molecule has 3 aromatic carbocycles. The third-order valence-electron chi connectivity index (χ3n) is 4.93. The molecule has 1 aromatic heterocycles. The van der Waals surface area contributed by atoms with E-state index in [-0.39, 0.29) is 5.75 Å². The molecule has 0 aliphatic rings. The first-order valence-corrected chi connectivity index (χ1v) is 11.5. The van der Waals surface area contributed by atoms with Crippen molar-refractivity contribution in [2.24, 2.45) is 5.10 Å². The average molecular weight is 496 g/mol. The molecule has 35 heavy (non-hydrogen) atoms. The van der Waals surface area contributed by atoms with Crippen molar-refractivity contribution in [3.05, 3.63) is 95.6 Å². The Bertz CT molecular complexity index is 1320. The van der Waals surface area contributed by atoms with Crippen molar-refractivity contribution in [3.63, 3.8) is 0 Å². The van der Waals surface area contributed by atoms with Crippen molar-refractivity contribution in [1.82, 2.24) is 20.2 Å². The number of halogens is 3. The van der Waals surface area contributed by atoms with Gasteiger partial charge in [0.1, 0.15) is 0 Å². The minimum atomic E-state index is -4.40. The van der Waals surface area contributed by atoms with Crippen LogP contribution in [0, 0.1) is 6.92 Å². The molecule has 0 aliphatic heterocycles. The van der Waals surface area contributed by atoms with Gasteiger partial charge in [-0.15, -0.1) is 10.2 Å². The second-order valence-electron chi connectivity index (χ2n) is 7.54. The van der Waals surface area contributed by atoms with Gasteiger partial charge >= 0.3 is 6.18 Å². The largest absolute Gasteiger partial charge is 0.416 e. The van der Waals surface area contributed by atoms with Crippen molar-refractivity contribution in [2.45, 2.75) is 18.3 Å². The lowest BCUT2D eigenvalue weighted by atomic mass is 10.1. The maximum atomic E-state index is 12.6. The fourth-order valence-electron chi connectivity index (χ4n) is 3.16. The first kappa shape index (κ1) is 24.2. The molecule has 0 saturated carbocycles. The lowest BCUT2D eigenvalue weighted by Crippen LogP contribution is -2.20. The van der Waals surface area contributed by atoms with E-state index in [1.165, 1.54) is 30.1 Å². The molecule has 1 heterocycles. The van der Waals surface area contributed by atoms with Gasteiger partial charge in [-0.05, 0) is 36.8 Å². The fourth-order valence-corrected chi connectivity index (χ4v) is 3.91. The molecule has 0 saturated heterocycles. The summed E-state index contributed by atoms with van der Waals surface area (Å²) in [5.41, 5.74) is 4.94. The zero-order valence-corrected chi connectivity index (χ0v) is 19.3. The number of rotatable bonds is 7. The van der Waals surface area contributed by atoms with Crippen LogP contribution < -0.4 is 5.43 Å². The first-order chi connectivity index (χ1) is 16.8. The molecule has 0 fully saturated rings. The van der Waals surface area contributed by atoms with E-state index in [0.29, 0.717) is 16.5 Å². The van der Waals surface area contributed by atoms with E-state index < -0.39 is 17.6 Å². The summed E-state index contributed by atoms with van der Waals surface area (Å²) in [7, 11) is 0. The van der Waals surface area contributed by atoms with Gasteiger partial charge in [0.25, 0.3) is 5.91 Å². The van der Waals surface area contributed by atoms with Crippen LogP contribution in [0.15, 0.2) is 89.1 Å². The maximum Gasteiger partial charge on any atom is 0.416 e. The van der Waals surface area contributed by atoms with Crippen molar-refractivity contribution in [3.8, 4) is 17.1 Å². The number of nitrogens with zero attached hydrogens (tertiary/aromatic N) is 4. The van der Waals surface area contributed by atoms with E-state index in [1.54, 1.807) is 0 Å². The molecule has 0 spiro atoms. The minimum absolute atomic E-state index is 0.0171. The Morgan fingerprint density at radius 1 is 1.00 bits per heavy atom. The summed E-state index contributed by atoms with van der Waals surface area (Å²) in [4.78, 5) is 12.3. The van der Waals surface area contributed by atoms with Crippen molar-refractivity contribution < 1.29 is 18.0 Å². The summed E-state index contributed by atoms with van der Waals surface area (Å²) < 4.78 is 39.8. The van der Waals surface area contributed by atoms with Gasteiger partial charge in [-0.1, -0.05) is 71.9 Å². The predicted molar refractivity (Wildman–Crippen MR) is 129 cm³/mol. The second-order valence-corrected chi connectivity index (χ2v) is 8.49. The Hall–Kier alpha value is -3.92. The zero-order valence-electron chi connectivity index (χ0n) is 18.5. The summed E-state index contributed by atoms with van der Waals surface area (Å²) in [5.74, 6) is 0.278. The van der Waals surface area contributed by atoms with Crippen molar-refractivity contribution in [2.75, 3.05) is 5.75 Å². The number of hydrogen-bond donors (Lipinski definition) is 1. The number of amides is 1. The lowest BCUT2D eigenvalue weighted by molar-refractivity contribution is -0.137. The van der Waals surface area contributed by atoms with Crippen LogP contribution in [0.4, 0.5) is 13.2 Å². The number of aryl methyl sites for hydroxylation is 1. The molecule has 10 heteroatoms. The molecule has 178 valence electrons. The summed E-state index contributed by atoms with van der Waals surface area (Å²) in [6.07, 6.45) is -3.12. The van der Waals surface area contributed by atoms with Crippen LogP contribution in [-0.4, -0.2) is 32.6 Å². The second kappa shape index (κ2) is 10.6. The number of para-hydroxylation sites is 1. The van der Waals surface area contributed by atoms with Crippen LogP contribution in [0.3, 0.4) is 0 Å². The molecule has 0 bridgehead atoms. The topological polar surface area (TPSA) is 72.2 Å². The molecular formula is C25H20F3N5OS. The van der Waals surface area contributed by atoms with Crippen LogP contribution in [0.1, 0.15) is 16.7 Å². The van der Waals surface area contributed by atoms with Gasteiger partial charge in [-0.3, -0.25) is 9.36 Å². The van der Waals surface area contributed by atoms with E-state index in [4.69, 9.17) is 0 Å². The van der Waals surface area contributed by atoms with Crippen LogP contribution in [0.5, 0.6) is 0 Å². The highest BCUT2D eigenvalue weighted by molar-refractivity contribution is 7.99. The number of aromatic nitrogens is 3. The molecule has 0 unspecified atom stereocenters. The molecule has 0 radical (unpaired) electrons. The summed E-state index contributed by atoms with van der Waals surface area (Å²) in [6.45, 7) is 2.01. The number of hydrazone groups is 1. The van der Waals surface area contributed by atoms with Crippen LogP contribution in [-0.2, 0) is 11.0 Å². The molecule has 4 aromatic rings. The Kier molecular flexibility index (Phi) is 7.31. The Morgan fingerprint density at radius 2 is 1.69 bits per heavy atom. The minimum Gasteiger partial charge on any atom is -0.272 e. The quantitative estimate of drug-likeness (QED) is 0.209. The fraction of sp³-hybridized carbons (Fsp3) is 0.120. The highest BCUT2D eigenvalue weighted by atomic mass is 32.2. The normalized spacial score (nSPS) is 11.7. The van der Waals surface area contributed by atoms with E-state index in [2.05, 4.69) is 20.7 Å². The zero-order chi connectivity index (χ0) is 24.8. The summed E-state index contributed by atoms with van der Waals surface area (Å²) in [6, 6.07) is 22.0. The Morgan fingerprint density at radius 3 is 2.34 bits per heavy atom. The predicted octanol–water partition coefficient (Wildman–Crippen LogP) is 5.50. The lowest BCUT2D eigenvalue weighted by Gasteiger charge is -2.10. The molecule has 0 aliphatic carbocycles. The van der Waals surface area contributed by atoms with Gasteiger partial charge in [0, 0.05) is 11.3 Å². The number of nitrogens with one attached hydrogen (secondary N) is 1. The smallest absolute Gasteiger partial charge is 0.272 e. The van der Waals surface area contributed by atoms with Crippen molar-refractivity contribution in [1.29, 1.82) is 0 Å². The number of thioether (sulfide) groups is 1. The highest BCUT2D eigenvalue weighted by Gasteiger charge is 2.29. The van der Waals surface area contributed by atoms with E-state index in [0.717, 1.165) is 28.9 Å². The SMILES string of the molecule is Cc1ccc(-c2nnc(SCC(=O)N/N=C/c3ccc(C(F)(F)F)cc3)n2-c2ccccc2)cc1. The average Bonchev–Trinajstić information content (AvgIpc) is 3.27. The summed E-state index contributed by atoms with van der Waals surface area (Å²) >= 11 is 1.20. The Balaban J connectivity index is 1.44. The maximum absolute atomic E-state index is 12.6. The van der Waals surface area contributed by atoms with E-state index in [9.17, 15) is 18.0 Å². The van der Waals surface area contributed by atoms with Gasteiger partial charge in [0.15, 0.2) is 11.0 Å². The van der Waals surface area contributed by atoms with Gasteiger partial charge in [0.2, 0.25) is 0 Å². The van der Waals surface area contributed by atoms with Gasteiger partial charge in [0.05, 0.1) is 17.5 Å². The number of carbonyl (C=O) groups is 1. The van der Waals surface area contributed by atoms with E-state index >= 15 is 0 Å². The highest BCUT2D eigenvalue weighted by Crippen LogP contribution is 2.29. The number of alkyl halides is 3. The van der Waals surface area contributed by atoms with Crippen LogP contribution in [0.25, 0.3) is 17.1 Å². The Labute approximate surface area is 203 Å². The molecule has 0 atom stereocenters. The van der Waals surface area contributed by atoms with Crippen molar-refractivity contribution >= 4 is 23.9 Å². The van der Waals surface area contributed by atoms with Crippen LogP contribution >= 0.6 is 11.8 Å². The standard InChI is InChI=1S/C25H20F3N5OS/c1-17-7-11-19(12-8-17)23-31-32-24(33(23)21-5-3-2-4-6-21)35-16-22(34)30-29-15-18-9-13-20(14-10-18)25(26,27)28/h2-15H,16H2,1H3,(H,30,34)/b29-15+. The number of benzene rings is 3. The van der Waals surface area contributed by atoms with Crippen LogP contribution in [0.2, 0.25) is 0 Å². The summed E-state index contributed by atoms with van der Waals surface area (Å²) in [5, 5.41) is 13.0. The molecule has 4 rings (SSSR count). The van der Waals surface area contributed by atoms with Gasteiger partial charge in [-0.2, -0.15) is 18.3 Å². The third-order valence-corrected chi connectivity index (χ3v) is 5.86. The molecule has 1 N–H and O–H groups in total. The first-order valence-electron chi connectivity index (χ1n) is 10.5. The molecule has 6 nitrogen and oxygen atoms in total. The van der Waals surface area contributed by atoms with Gasteiger partial charge < -0.3 is 0 Å². The molecular weight excluding hydrogens is 475 g/mol. The van der Waals surface area contributed by atoms with Gasteiger partial charge in [-0.25, -0.2) is 5.43 Å². The monoisotopic (exact) mass is 495 g/mol.